The Morgan fingerprint density at radius 2 is 1.94 bits per heavy atom. The van der Waals surface area contributed by atoms with Gasteiger partial charge < -0.3 is 20.3 Å². The molecule has 2 N–H and O–H groups in total. The highest BCUT2D eigenvalue weighted by Gasteiger charge is 2.46. The van der Waals surface area contributed by atoms with E-state index < -0.39 is 5.54 Å². The average molecular weight is 449 g/mol. The second-order valence-electron chi connectivity index (χ2n) is 9.21. The second kappa shape index (κ2) is 10.4. The van der Waals surface area contributed by atoms with Gasteiger partial charge in [0.1, 0.15) is 11.2 Å². The first-order valence-electron chi connectivity index (χ1n) is 11.4. The van der Waals surface area contributed by atoms with E-state index in [-0.39, 0.29) is 30.0 Å². The Balaban J connectivity index is 1.58. The SMILES string of the molecule is CC(C)CCNC(=O)[C@@]1(C)Cn2nc(C(=O)NCCCN3CCOCC3)cc2C(=O)N1C. The predicted octanol–water partition coefficient (Wildman–Crippen LogP) is 0.342. The number of carbonyl (C=O) groups is 3. The standard InChI is InChI=1S/C22H36N6O4/c1-16(2)6-8-24-21(31)22(3)15-28-18(20(30)26(22)4)14-17(25-28)19(29)23-7-5-9-27-10-12-32-13-11-27/h14,16H,5-13,15H2,1-4H3,(H,23,29)(H,24,31)/t22-/m1/s1. The van der Waals surface area contributed by atoms with E-state index in [0.29, 0.717) is 24.7 Å². The largest absolute Gasteiger partial charge is 0.379 e. The van der Waals surface area contributed by atoms with Crippen molar-refractivity contribution >= 4 is 17.7 Å². The van der Waals surface area contributed by atoms with E-state index in [1.54, 1.807) is 14.0 Å². The maximum atomic E-state index is 12.9. The number of carbonyl (C=O) groups excluding carboxylic acids is 3. The number of hydrogen-bond donors (Lipinski definition) is 2. The smallest absolute Gasteiger partial charge is 0.272 e. The summed E-state index contributed by atoms with van der Waals surface area (Å²) < 4.78 is 6.82. The van der Waals surface area contributed by atoms with Crippen LogP contribution in [0.2, 0.25) is 0 Å². The lowest BCUT2D eigenvalue weighted by Gasteiger charge is -2.40. The third-order valence-electron chi connectivity index (χ3n) is 6.27. The molecule has 0 bridgehead atoms. The molecule has 2 aliphatic heterocycles. The lowest BCUT2D eigenvalue weighted by molar-refractivity contribution is -0.132. The van der Waals surface area contributed by atoms with Crippen LogP contribution in [0.15, 0.2) is 6.07 Å². The van der Waals surface area contributed by atoms with E-state index in [9.17, 15) is 14.4 Å². The molecule has 10 heteroatoms. The molecule has 0 spiro atoms. The molecule has 3 heterocycles. The molecule has 1 aromatic heterocycles. The number of nitrogens with one attached hydrogen (secondary N) is 2. The summed E-state index contributed by atoms with van der Waals surface area (Å²) in [5, 5.41) is 10.2. The minimum absolute atomic E-state index is 0.192. The third-order valence-corrected chi connectivity index (χ3v) is 6.27. The molecule has 3 rings (SSSR count). The molecule has 0 radical (unpaired) electrons. The molecule has 32 heavy (non-hydrogen) atoms. The molecule has 3 amide bonds. The lowest BCUT2D eigenvalue weighted by Crippen LogP contribution is -2.62. The van der Waals surface area contributed by atoms with Gasteiger partial charge in [-0.25, -0.2) is 0 Å². The van der Waals surface area contributed by atoms with Crippen LogP contribution in [0.25, 0.3) is 0 Å². The van der Waals surface area contributed by atoms with Crippen molar-refractivity contribution in [3.63, 3.8) is 0 Å². The number of ether oxygens (including phenoxy) is 1. The molecule has 178 valence electrons. The first-order chi connectivity index (χ1) is 15.2. The Labute approximate surface area is 189 Å². The van der Waals surface area contributed by atoms with E-state index in [2.05, 4.69) is 34.5 Å². The number of amides is 3. The van der Waals surface area contributed by atoms with Crippen LogP contribution in [0.3, 0.4) is 0 Å². The van der Waals surface area contributed by atoms with Gasteiger partial charge in [0.15, 0.2) is 5.69 Å². The van der Waals surface area contributed by atoms with E-state index in [1.165, 1.54) is 15.6 Å². The predicted molar refractivity (Wildman–Crippen MR) is 119 cm³/mol. The van der Waals surface area contributed by atoms with Gasteiger partial charge in [-0.15, -0.1) is 0 Å². The molecule has 10 nitrogen and oxygen atoms in total. The number of nitrogens with zero attached hydrogens (tertiary/aromatic N) is 4. The Hall–Kier alpha value is -2.46. The molecule has 0 aromatic carbocycles. The van der Waals surface area contributed by atoms with Crippen molar-refractivity contribution in [2.24, 2.45) is 5.92 Å². The molecule has 2 aliphatic rings. The minimum Gasteiger partial charge on any atom is -0.379 e. The van der Waals surface area contributed by atoms with Crippen molar-refractivity contribution in [3.8, 4) is 0 Å². The number of hydrogen-bond acceptors (Lipinski definition) is 6. The molecule has 1 saturated heterocycles. The summed E-state index contributed by atoms with van der Waals surface area (Å²) in [7, 11) is 1.62. The van der Waals surface area contributed by atoms with Crippen LogP contribution >= 0.6 is 0 Å². The molecule has 0 saturated carbocycles. The molecular weight excluding hydrogens is 412 g/mol. The summed E-state index contributed by atoms with van der Waals surface area (Å²) in [5.74, 6) is -0.380. The van der Waals surface area contributed by atoms with Gasteiger partial charge in [0.2, 0.25) is 5.91 Å². The highest BCUT2D eigenvalue weighted by molar-refractivity contribution is 6.01. The fraction of sp³-hybridized carbons (Fsp3) is 0.727. The zero-order valence-electron chi connectivity index (χ0n) is 19.6. The number of rotatable bonds is 9. The van der Waals surface area contributed by atoms with Crippen LogP contribution < -0.4 is 10.6 Å². The quantitative estimate of drug-likeness (QED) is 0.528. The van der Waals surface area contributed by atoms with Crippen LogP contribution in [0.4, 0.5) is 0 Å². The first-order valence-corrected chi connectivity index (χ1v) is 11.4. The lowest BCUT2D eigenvalue weighted by atomic mass is 9.95. The first kappa shape index (κ1) is 24.2. The second-order valence-corrected chi connectivity index (χ2v) is 9.21. The van der Waals surface area contributed by atoms with Gasteiger partial charge >= 0.3 is 0 Å². The monoisotopic (exact) mass is 448 g/mol. The van der Waals surface area contributed by atoms with Crippen molar-refractivity contribution < 1.29 is 19.1 Å². The summed E-state index contributed by atoms with van der Waals surface area (Å²) >= 11 is 0. The summed E-state index contributed by atoms with van der Waals surface area (Å²) in [4.78, 5) is 42.1. The fourth-order valence-electron chi connectivity index (χ4n) is 3.92. The Morgan fingerprint density at radius 1 is 1.22 bits per heavy atom. The van der Waals surface area contributed by atoms with Crippen molar-refractivity contribution in [2.75, 3.05) is 53.0 Å². The van der Waals surface area contributed by atoms with Crippen LogP contribution in [0.1, 0.15) is 54.6 Å². The summed E-state index contributed by atoms with van der Waals surface area (Å²) in [6.45, 7) is 11.4. The van der Waals surface area contributed by atoms with Crippen LogP contribution in [0, 0.1) is 5.92 Å². The maximum absolute atomic E-state index is 12.9. The van der Waals surface area contributed by atoms with E-state index in [4.69, 9.17) is 4.74 Å². The van der Waals surface area contributed by atoms with E-state index in [1.807, 2.05) is 0 Å². The summed E-state index contributed by atoms with van der Waals surface area (Å²) in [6.07, 6.45) is 1.69. The average Bonchev–Trinajstić information content (AvgIpc) is 3.19. The normalized spacial score (nSPS) is 21.5. The number of morpholine rings is 1. The molecule has 1 aromatic rings. The topological polar surface area (TPSA) is 109 Å². The van der Waals surface area contributed by atoms with Gasteiger partial charge in [0.05, 0.1) is 19.8 Å². The Morgan fingerprint density at radius 3 is 2.62 bits per heavy atom. The molecule has 1 fully saturated rings. The van der Waals surface area contributed by atoms with Crippen molar-refractivity contribution in [1.82, 2.24) is 30.2 Å². The Kier molecular flexibility index (Phi) is 7.89. The maximum Gasteiger partial charge on any atom is 0.272 e. The highest BCUT2D eigenvalue weighted by Crippen LogP contribution is 2.26. The van der Waals surface area contributed by atoms with Crippen LogP contribution in [0.5, 0.6) is 0 Å². The Bertz CT molecular complexity index is 832. The zero-order chi connectivity index (χ0) is 23.3. The van der Waals surface area contributed by atoms with Gasteiger partial charge in [0, 0.05) is 39.3 Å². The molecular formula is C22H36N6O4. The van der Waals surface area contributed by atoms with Crippen molar-refractivity contribution in [2.45, 2.75) is 45.7 Å². The van der Waals surface area contributed by atoms with Gasteiger partial charge in [-0.05, 0) is 32.2 Å². The summed E-state index contributed by atoms with van der Waals surface area (Å²) in [5.41, 5.74) is -0.560. The zero-order valence-corrected chi connectivity index (χ0v) is 19.6. The van der Waals surface area contributed by atoms with Crippen molar-refractivity contribution in [3.05, 3.63) is 17.5 Å². The minimum atomic E-state index is -1.07. The third kappa shape index (κ3) is 5.47. The number of aromatic nitrogens is 2. The molecule has 1 atom stereocenters. The molecule has 0 aliphatic carbocycles. The van der Waals surface area contributed by atoms with E-state index >= 15 is 0 Å². The van der Waals surface area contributed by atoms with Crippen LogP contribution in [-0.4, -0.2) is 95.8 Å². The van der Waals surface area contributed by atoms with Gasteiger partial charge in [-0.2, -0.15) is 5.10 Å². The fourth-order valence-corrected chi connectivity index (χ4v) is 3.92. The van der Waals surface area contributed by atoms with E-state index in [0.717, 1.165) is 45.7 Å². The number of fused-ring (bicyclic) bond motifs is 1. The van der Waals surface area contributed by atoms with Crippen molar-refractivity contribution in [1.29, 1.82) is 0 Å². The highest BCUT2D eigenvalue weighted by atomic mass is 16.5. The number of likely N-dealkylation sites (N-methyl/N-ethyl adjacent to an activating group) is 1. The van der Waals surface area contributed by atoms with Gasteiger partial charge in [0.25, 0.3) is 11.8 Å². The van der Waals surface area contributed by atoms with Gasteiger partial charge in [-0.3, -0.25) is 24.0 Å². The molecule has 0 unspecified atom stereocenters. The van der Waals surface area contributed by atoms with Crippen LogP contribution in [-0.2, 0) is 16.1 Å². The van der Waals surface area contributed by atoms with Gasteiger partial charge in [-0.1, -0.05) is 13.8 Å². The summed E-state index contributed by atoms with van der Waals surface area (Å²) in [6, 6.07) is 1.51.